The summed E-state index contributed by atoms with van der Waals surface area (Å²) in [5.74, 6) is 0.745. The lowest BCUT2D eigenvalue weighted by Crippen LogP contribution is -2.08. The van der Waals surface area contributed by atoms with Crippen molar-refractivity contribution in [1.29, 1.82) is 5.26 Å². The van der Waals surface area contributed by atoms with E-state index in [1.54, 1.807) is 0 Å². The predicted octanol–water partition coefficient (Wildman–Crippen LogP) is 2.67. The average Bonchev–Trinajstić information content (AvgIpc) is 2.30. The molecule has 2 unspecified atom stereocenters. The Morgan fingerprint density at radius 3 is 2.50 bits per heavy atom. The summed E-state index contributed by atoms with van der Waals surface area (Å²) in [7, 11) is 0. The fraction of sp³-hybridized carbons (Fsp3) is 0.462. The van der Waals surface area contributed by atoms with E-state index in [9.17, 15) is 5.11 Å². The zero-order chi connectivity index (χ0) is 12.0. The minimum atomic E-state index is -0.588. The number of hydrogen-bond donors (Lipinski definition) is 1. The van der Waals surface area contributed by atoms with Crippen LogP contribution in [0.1, 0.15) is 31.9 Å². The summed E-state index contributed by atoms with van der Waals surface area (Å²) in [5.41, 5.74) is 0.825. The first-order chi connectivity index (χ1) is 7.69. The van der Waals surface area contributed by atoms with Crippen molar-refractivity contribution in [3.63, 3.8) is 0 Å². The highest BCUT2D eigenvalue weighted by Crippen LogP contribution is 2.25. The third-order valence-electron chi connectivity index (χ3n) is 2.48. The van der Waals surface area contributed by atoms with Gasteiger partial charge in [0.1, 0.15) is 5.75 Å². The molecule has 1 rings (SSSR count). The van der Waals surface area contributed by atoms with E-state index in [1.165, 1.54) is 0 Å². The maximum atomic E-state index is 9.95. The van der Waals surface area contributed by atoms with E-state index in [-0.39, 0.29) is 5.92 Å². The molecule has 3 heteroatoms. The summed E-state index contributed by atoms with van der Waals surface area (Å²) < 4.78 is 5.31. The SMILES string of the molecule is CCOc1ccc(C(O)C(C)CC#N)cc1. The van der Waals surface area contributed by atoms with E-state index in [0.717, 1.165) is 11.3 Å². The zero-order valence-electron chi connectivity index (χ0n) is 9.68. The lowest BCUT2D eigenvalue weighted by molar-refractivity contribution is 0.120. The predicted molar refractivity (Wildman–Crippen MR) is 62.0 cm³/mol. The van der Waals surface area contributed by atoms with Gasteiger partial charge in [-0.3, -0.25) is 0 Å². The largest absolute Gasteiger partial charge is 0.494 e. The van der Waals surface area contributed by atoms with Gasteiger partial charge in [-0.15, -0.1) is 0 Å². The Labute approximate surface area is 96.3 Å². The van der Waals surface area contributed by atoms with E-state index in [4.69, 9.17) is 10.00 Å². The maximum Gasteiger partial charge on any atom is 0.119 e. The highest BCUT2D eigenvalue weighted by molar-refractivity contribution is 5.28. The van der Waals surface area contributed by atoms with E-state index in [2.05, 4.69) is 6.07 Å². The fourth-order valence-corrected chi connectivity index (χ4v) is 1.51. The molecule has 0 aliphatic carbocycles. The van der Waals surface area contributed by atoms with Crippen LogP contribution in [0, 0.1) is 17.2 Å². The summed E-state index contributed by atoms with van der Waals surface area (Å²) in [6.07, 6.45) is -0.232. The van der Waals surface area contributed by atoms with Crippen molar-refractivity contribution in [1.82, 2.24) is 0 Å². The van der Waals surface area contributed by atoms with E-state index in [1.807, 2.05) is 38.1 Å². The molecule has 1 aromatic carbocycles. The van der Waals surface area contributed by atoms with E-state index >= 15 is 0 Å². The summed E-state index contributed by atoms with van der Waals surface area (Å²) in [6.45, 7) is 4.43. The number of ether oxygens (including phenoxy) is 1. The molecule has 0 fully saturated rings. The molecule has 0 aromatic heterocycles. The molecule has 0 aliphatic rings. The molecular formula is C13H17NO2. The second-order valence-electron chi connectivity index (χ2n) is 3.79. The number of aliphatic hydroxyl groups excluding tert-OH is 1. The van der Waals surface area contributed by atoms with Crippen molar-refractivity contribution in [2.24, 2.45) is 5.92 Å². The summed E-state index contributed by atoms with van der Waals surface area (Å²) in [4.78, 5) is 0. The van der Waals surface area contributed by atoms with Crippen LogP contribution in [-0.2, 0) is 0 Å². The van der Waals surface area contributed by atoms with Crippen LogP contribution >= 0.6 is 0 Å². The van der Waals surface area contributed by atoms with Gasteiger partial charge in [0, 0.05) is 6.42 Å². The molecular weight excluding hydrogens is 202 g/mol. The first-order valence-electron chi connectivity index (χ1n) is 5.46. The minimum absolute atomic E-state index is 0.0528. The third kappa shape index (κ3) is 3.25. The monoisotopic (exact) mass is 219 g/mol. The third-order valence-corrected chi connectivity index (χ3v) is 2.48. The maximum absolute atomic E-state index is 9.95. The van der Waals surface area contributed by atoms with Crippen molar-refractivity contribution >= 4 is 0 Å². The zero-order valence-corrected chi connectivity index (χ0v) is 9.68. The van der Waals surface area contributed by atoms with Crippen molar-refractivity contribution in [3.05, 3.63) is 29.8 Å². The highest BCUT2D eigenvalue weighted by atomic mass is 16.5. The lowest BCUT2D eigenvalue weighted by atomic mass is 9.95. The molecule has 0 amide bonds. The van der Waals surface area contributed by atoms with Gasteiger partial charge in [0.05, 0.1) is 18.8 Å². The summed E-state index contributed by atoms with van der Waals surface area (Å²) in [5, 5.41) is 18.5. The van der Waals surface area contributed by atoms with Crippen LogP contribution < -0.4 is 4.74 Å². The second kappa shape index (κ2) is 6.14. The topological polar surface area (TPSA) is 53.2 Å². The molecule has 0 bridgehead atoms. The molecule has 0 aliphatic heterocycles. The molecule has 0 saturated carbocycles. The van der Waals surface area contributed by atoms with Gasteiger partial charge in [0.25, 0.3) is 0 Å². The summed E-state index contributed by atoms with van der Waals surface area (Å²) >= 11 is 0. The smallest absolute Gasteiger partial charge is 0.119 e. The van der Waals surface area contributed by atoms with Crippen molar-refractivity contribution in [2.45, 2.75) is 26.4 Å². The van der Waals surface area contributed by atoms with Crippen LogP contribution in [0.4, 0.5) is 0 Å². The number of hydrogen-bond acceptors (Lipinski definition) is 3. The fourth-order valence-electron chi connectivity index (χ4n) is 1.51. The lowest BCUT2D eigenvalue weighted by Gasteiger charge is -2.16. The van der Waals surface area contributed by atoms with Crippen LogP contribution in [0.15, 0.2) is 24.3 Å². The second-order valence-corrected chi connectivity index (χ2v) is 3.79. The van der Waals surface area contributed by atoms with Gasteiger partial charge in [0.15, 0.2) is 0 Å². The molecule has 0 saturated heterocycles. The number of nitrogens with zero attached hydrogens (tertiary/aromatic N) is 1. The molecule has 16 heavy (non-hydrogen) atoms. The van der Waals surface area contributed by atoms with Gasteiger partial charge in [-0.2, -0.15) is 5.26 Å². The van der Waals surface area contributed by atoms with Crippen LogP contribution in [0.2, 0.25) is 0 Å². The van der Waals surface area contributed by atoms with Crippen molar-refractivity contribution < 1.29 is 9.84 Å². The number of nitriles is 1. The molecule has 1 aromatic rings. The first kappa shape index (κ1) is 12.5. The standard InChI is InChI=1S/C13H17NO2/c1-3-16-12-6-4-11(5-7-12)13(15)10(2)8-9-14/h4-7,10,13,15H,3,8H2,1-2H3. The van der Waals surface area contributed by atoms with Crippen LogP contribution in [0.5, 0.6) is 5.75 Å². The average molecular weight is 219 g/mol. The van der Waals surface area contributed by atoms with E-state index < -0.39 is 6.10 Å². The molecule has 1 N–H and O–H groups in total. The normalized spacial score (nSPS) is 13.9. The van der Waals surface area contributed by atoms with E-state index in [0.29, 0.717) is 13.0 Å². The molecule has 0 radical (unpaired) electrons. The Kier molecular flexibility index (Phi) is 4.81. The number of rotatable bonds is 5. The number of aliphatic hydroxyl groups is 1. The molecule has 86 valence electrons. The van der Waals surface area contributed by atoms with Gasteiger partial charge >= 0.3 is 0 Å². The van der Waals surface area contributed by atoms with Gasteiger partial charge in [0.2, 0.25) is 0 Å². The highest BCUT2D eigenvalue weighted by Gasteiger charge is 2.15. The number of benzene rings is 1. The Morgan fingerprint density at radius 1 is 1.38 bits per heavy atom. The van der Waals surface area contributed by atoms with Crippen LogP contribution in [0.25, 0.3) is 0 Å². The molecule has 2 atom stereocenters. The minimum Gasteiger partial charge on any atom is -0.494 e. The van der Waals surface area contributed by atoms with Crippen LogP contribution in [0.3, 0.4) is 0 Å². The van der Waals surface area contributed by atoms with Gasteiger partial charge in [-0.1, -0.05) is 19.1 Å². The Hall–Kier alpha value is -1.53. The molecule has 3 nitrogen and oxygen atoms in total. The Morgan fingerprint density at radius 2 is 2.00 bits per heavy atom. The Bertz CT molecular complexity index is 353. The quantitative estimate of drug-likeness (QED) is 0.828. The van der Waals surface area contributed by atoms with Gasteiger partial charge < -0.3 is 9.84 Å². The molecule has 0 spiro atoms. The van der Waals surface area contributed by atoms with Crippen LogP contribution in [-0.4, -0.2) is 11.7 Å². The Balaban J connectivity index is 2.70. The summed E-state index contributed by atoms with van der Waals surface area (Å²) in [6, 6.07) is 9.41. The first-order valence-corrected chi connectivity index (χ1v) is 5.46. The van der Waals surface area contributed by atoms with Gasteiger partial charge in [-0.25, -0.2) is 0 Å². The van der Waals surface area contributed by atoms with Crippen molar-refractivity contribution in [2.75, 3.05) is 6.61 Å². The van der Waals surface area contributed by atoms with Gasteiger partial charge in [-0.05, 0) is 30.5 Å². The molecule has 0 heterocycles. The van der Waals surface area contributed by atoms with Crippen molar-refractivity contribution in [3.8, 4) is 11.8 Å².